The molecule has 1 heterocycles. The molecule has 8 heteroatoms. The van der Waals surface area contributed by atoms with Crippen LogP contribution in [0.3, 0.4) is 0 Å². The number of epoxide rings is 1. The van der Waals surface area contributed by atoms with E-state index in [9.17, 15) is 13.2 Å². The van der Waals surface area contributed by atoms with E-state index in [-0.39, 0.29) is 23.6 Å². The van der Waals surface area contributed by atoms with Crippen molar-refractivity contribution in [3.05, 3.63) is 34.3 Å². The van der Waals surface area contributed by atoms with Crippen molar-refractivity contribution in [1.29, 1.82) is 0 Å². The fourth-order valence-electron chi connectivity index (χ4n) is 1.80. The van der Waals surface area contributed by atoms with Crippen molar-refractivity contribution in [1.82, 2.24) is 0 Å². The van der Waals surface area contributed by atoms with E-state index in [1.165, 1.54) is 6.07 Å². The Morgan fingerprint density at radius 3 is 2.16 bits per heavy atom. The normalized spacial score (nSPS) is 23.5. The molecule has 0 spiro atoms. The molecule has 1 atom stereocenters. The van der Waals surface area contributed by atoms with Crippen LogP contribution < -0.4 is 0 Å². The lowest BCUT2D eigenvalue weighted by Crippen LogP contribution is -2.19. The summed E-state index contributed by atoms with van der Waals surface area (Å²) in [7, 11) is 0. The first-order chi connectivity index (χ1) is 8.52. The van der Waals surface area contributed by atoms with Crippen molar-refractivity contribution in [3.8, 4) is 0 Å². The lowest BCUT2D eigenvalue weighted by Gasteiger charge is -2.19. The summed E-state index contributed by atoms with van der Waals surface area (Å²) in [6, 6.07) is 3.20. The average Bonchev–Trinajstić information content (AvgIpc) is 2.94. The van der Waals surface area contributed by atoms with Crippen LogP contribution >= 0.6 is 46.4 Å². The van der Waals surface area contributed by atoms with Gasteiger partial charge in [-0.25, -0.2) is 0 Å². The number of alkyl halides is 6. The molecule has 0 saturated carbocycles. The van der Waals surface area contributed by atoms with E-state index in [1.54, 1.807) is 0 Å². The molecule has 1 fully saturated rings. The lowest BCUT2D eigenvalue weighted by molar-refractivity contribution is -0.137. The van der Waals surface area contributed by atoms with E-state index in [0.717, 1.165) is 12.1 Å². The van der Waals surface area contributed by atoms with Gasteiger partial charge in [0.05, 0.1) is 12.2 Å². The van der Waals surface area contributed by atoms with Crippen LogP contribution in [-0.2, 0) is 16.5 Å². The SMILES string of the molecule is FC(F)(F)c1cc(Cl)cc(C2(CC(Cl)(Cl)Cl)CO2)c1. The third-order valence-electron chi connectivity index (χ3n) is 2.73. The van der Waals surface area contributed by atoms with Crippen molar-refractivity contribution >= 4 is 46.4 Å². The van der Waals surface area contributed by atoms with Gasteiger partial charge in [-0.1, -0.05) is 46.4 Å². The zero-order valence-corrected chi connectivity index (χ0v) is 12.2. The molecule has 106 valence electrons. The predicted octanol–water partition coefficient (Wildman–Crippen LogP) is 5.34. The average molecular weight is 354 g/mol. The van der Waals surface area contributed by atoms with Crippen molar-refractivity contribution in [2.24, 2.45) is 0 Å². The van der Waals surface area contributed by atoms with Crippen molar-refractivity contribution < 1.29 is 17.9 Å². The second-order valence-electron chi connectivity index (χ2n) is 4.30. The lowest BCUT2D eigenvalue weighted by atomic mass is 9.95. The largest absolute Gasteiger partial charge is 0.416 e. The molecule has 2 rings (SSSR count). The van der Waals surface area contributed by atoms with Crippen LogP contribution in [0.5, 0.6) is 0 Å². The van der Waals surface area contributed by atoms with Gasteiger partial charge < -0.3 is 4.74 Å². The number of ether oxygens (including phenoxy) is 1. The highest BCUT2D eigenvalue weighted by atomic mass is 35.6. The Labute approximate surface area is 127 Å². The van der Waals surface area contributed by atoms with Gasteiger partial charge in [-0.05, 0) is 23.8 Å². The molecule has 0 bridgehead atoms. The molecule has 0 amide bonds. The molecule has 1 aromatic rings. The molecule has 1 saturated heterocycles. The minimum Gasteiger partial charge on any atom is -0.364 e. The summed E-state index contributed by atoms with van der Waals surface area (Å²) < 4.78 is 41.7. The molecular formula is C11H7Cl4F3O. The molecule has 1 aliphatic heterocycles. The summed E-state index contributed by atoms with van der Waals surface area (Å²) in [6.45, 7) is 0.193. The van der Waals surface area contributed by atoms with E-state index in [0.29, 0.717) is 0 Å². The van der Waals surface area contributed by atoms with Gasteiger partial charge in [-0.3, -0.25) is 0 Å². The molecule has 19 heavy (non-hydrogen) atoms. The Kier molecular flexibility index (Phi) is 3.96. The first-order valence-electron chi connectivity index (χ1n) is 5.11. The maximum absolute atomic E-state index is 12.7. The Balaban J connectivity index is 2.38. The van der Waals surface area contributed by atoms with E-state index in [2.05, 4.69) is 0 Å². The molecule has 1 aromatic carbocycles. The zero-order valence-electron chi connectivity index (χ0n) is 9.20. The Morgan fingerprint density at radius 2 is 1.74 bits per heavy atom. The van der Waals surface area contributed by atoms with Crippen molar-refractivity contribution in [3.63, 3.8) is 0 Å². The molecular weight excluding hydrogens is 347 g/mol. The number of hydrogen-bond acceptors (Lipinski definition) is 1. The molecule has 1 nitrogen and oxygen atoms in total. The van der Waals surface area contributed by atoms with Crippen LogP contribution in [0.15, 0.2) is 18.2 Å². The maximum atomic E-state index is 12.7. The van der Waals surface area contributed by atoms with Crippen LogP contribution in [0.25, 0.3) is 0 Å². The van der Waals surface area contributed by atoms with E-state index in [4.69, 9.17) is 51.1 Å². The first kappa shape index (κ1) is 15.5. The summed E-state index contributed by atoms with van der Waals surface area (Å²) >= 11 is 22.7. The maximum Gasteiger partial charge on any atom is 0.416 e. The summed E-state index contributed by atoms with van der Waals surface area (Å²) in [5.74, 6) is 0. The van der Waals surface area contributed by atoms with E-state index < -0.39 is 21.1 Å². The Hall–Kier alpha value is 0.130. The molecule has 0 aromatic heterocycles. The Bertz CT molecular complexity index is 492. The van der Waals surface area contributed by atoms with Crippen molar-refractivity contribution in [2.45, 2.75) is 22.0 Å². The molecule has 1 unspecified atom stereocenters. The number of hydrogen-bond donors (Lipinski definition) is 0. The highest BCUT2D eigenvalue weighted by Crippen LogP contribution is 2.50. The van der Waals surface area contributed by atoms with Crippen LogP contribution in [0.1, 0.15) is 17.5 Å². The standard InChI is InChI=1S/C11H7Cl4F3O/c12-8-2-6(1-7(3-8)11(16,17)18)9(5-19-9)4-10(13,14)15/h1-3H,4-5H2. The highest BCUT2D eigenvalue weighted by molar-refractivity contribution is 6.67. The zero-order chi connectivity index (χ0) is 14.5. The van der Waals surface area contributed by atoms with Crippen LogP contribution in [-0.4, -0.2) is 10.4 Å². The predicted molar refractivity (Wildman–Crippen MR) is 69.0 cm³/mol. The summed E-state index contributed by atoms with van der Waals surface area (Å²) in [6.07, 6.45) is -4.53. The smallest absolute Gasteiger partial charge is 0.364 e. The van der Waals surface area contributed by atoms with Gasteiger partial charge in [0.2, 0.25) is 0 Å². The fraction of sp³-hybridized carbons (Fsp3) is 0.455. The van der Waals surface area contributed by atoms with Gasteiger partial charge in [-0.15, -0.1) is 0 Å². The van der Waals surface area contributed by atoms with Crippen molar-refractivity contribution in [2.75, 3.05) is 6.61 Å². The molecule has 1 aliphatic rings. The minimum atomic E-state index is -4.49. The highest BCUT2D eigenvalue weighted by Gasteiger charge is 2.52. The van der Waals surface area contributed by atoms with Gasteiger partial charge in [-0.2, -0.15) is 13.2 Å². The van der Waals surface area contributed by atoms with Crippen LogP contribution in [0.4, 0.5) is 13.2 Å². The summed E-state index contributed by atoms with van der Waals surface area (Å²) in [4.78, 5) is 0. The summed E-state index contributed by atoms with van der Waals surface area (Å²) in [5.41, 5.74) is -1.59. The van der Waals surface area contributed by atoms with Gasteiger partial charge in [0.1, 0.15) is 5.60 Å². The minimum absolute atomic E-state index is 0.0379. The number of rotatable bonds is 2. The van der Waals surface area contributed by atoms with Gasteiger partial charge in [0.25, 0.3) is 0 Å². The van der Waals surface area contributed by atoms with E-state index in [1.807, 2.05) is 0 Å². The summed E-state index contributed by atoms with van der Waals surface area (Å²) in [5, 5.41) is -0.0379. The van der Waals surface area contributed by atoms with Crippen LogP contribution in [0.2, 0.25) is 5.02 Å². The van der Waals surface area contributed by atoms with Gasteiger partial charge in [0.15, 0.2) is 3.79 Å². The second kappa shape index (κ2) is 4.85. The Morgan fingerprint density at radius 1 is 1.16 bits per heavy atom. The molecule has 0 N–H and O–H groups in total. The first-order valence-corrected chi connectivity index (χ1v) is 6.62. The third-order valence-corrected chi connectivity index (χ3v) is 3.35. The van der Waals surface area contributed by atoms with Crippen LogP contribution in [0, 0.1) is 0 Å². The second-order valence-corrected chi connectivity index (χ2v) is 7.25. The molecule has 0 radical (unpaired) electrons. The van der Waals surface area contributed by atoms with Gasteiger partial charge >= 0.3 is 6.18 Å². The number of benzene rings is 1. The fourth-order valence-corrected chi connectivity index (χ4v) is 2.68. The quantitative estimate of drug-likeness (QED) is 0.516. The van der Waals surface area contributed by atoms with Gasteiger partial charge in [0, 0.05) is 11.4 Å². The topological polar surface area (TPSA) is 12.5 Å². The monoisotopic (exact) mass is 352 g/mol. The molecule has 0 aliphatic carbocycles. The third kappa shape index (κ3) is 3.82. The van der Waals surface area contributed by atoms with E-state index >= 15 is 0 Å². The number of halogens is 7.